The maximum atomic E-state index is 12.4. The summed E-state index contributed by atoms with van der Waals surface area (Å²) < 4.78 is 0. The average molecular weight is 438 g/mol. The molecule has 2 atom stereocenters. The quantitative estimate of drug-likeness (QED) is 0.199. The van der Waals surface area contributed by atoms with Crippen LogP contribution in [0.3, 0.4) is 0 Å². The third-order valence-electron chi connectivity index (χ3n) is 5.37. The molecule has 1 amide bonds. The van der Waals surface area contributed by atoms with Gasteiger partial charge in [-0.25, -0.2) is 0 Å². The summed E-state index contributed by atoms with van der Waals surface area (Å²) >= 11 is 0. The van der Waals surface area contributed by atoms with Gasteiger partial charge < -0.3 is 10.4 Å². The number of allylic oxidation sites excluding steroid dienone is 8. The fourth-order valence-electron chi connectivity index (χ4n) is 3.27. The molecule has 0 aliphatic rings. The molecule has 1 unspecified atom stereocenters. The van der Waals surface area contributed by atoms with Crippen LogP contribution in [0.1, 0.15) is 83.2 Å². The van der Waals surface area contributed by atoms with E-state index in [1.165, 1.54) is 25.7 Å². The molecule has 0 aliphatic carbocycles. The number of hydrogen-bond donors (Lipinski definition) is 2. The Hall–Kier alpha value is -2.39. The molecule has 0 bridgehead atoms. The summed E-state index contributed by atoms with van der Waals surface area (Å²) in [5.41, 5.74) is 0.927. The summed E-state index contributed by atoms with van der Waals surface area (Å²) in [6.07, 6.45) is 27.4. The van der Waals surface area contributed by atoms with Crippen LogP contribution >= 0.6 is 0 Å². The zero-order valence-corrected chi connectivity index (χ0v) is 20.1. The van der Waals surface area contributed by atoms with Crippen LogP contribution in [0.2, 0.25) is 0 Å². The van der Waals surface area contributed by atoms with Crippen molar-refractivity contribution in [2.24, 2.45) is 5.92 Å². The highest BCUT2D eigenvalue weighted by atomic mass is 16.3. The van der Waals surface area contributed by atoms with Crippen molar-refractivity contribution >= 4 is 5.91 Å². The molecule has 0 aromatic heterocycles. The number of benzene rings is 1. The van der Waals surface area contributed by atoms with Crippen molar-refractivity contribution in [1.82, 2.24) is 5.32 Å². The molecular weight excluding hydrogens is 394 g/mol. The van der Waals surface area contributed by atoms with Crippen molar-refractivity contribution in [3.05, 3.63) is 84.5 Å². The van der Waals surface area contributed by atoms with Crippen LogP contribution < -0.4 is 5.32 Å². The highest BCUT2D eigenvalue weighted by Crippen LogP contribution is 2.14. The first-order valence-electron chi connectivity index (χ1n) is 12.2. The SMILES string of the molecule is CCCCCC=CCC=CCC=CCC=CCCC(C)C(=O)N[C@H](CO)c1ccccc1. The van der Waals surface area contributed by atoms with E-state index in [9.17, 15) is 9.90 Å². The first-order valence-corrected chi connectivity index (χ1v) is 12.2. The molecule has 0 saturated heterocycles. The van der Waals surface area contributed by atoms with Gasteiger partial charge in [0.1, 0.15) is 0 Å². The van der Waals surface area contributed by atoms with Crippen molar-refractivity contribution in [1.29, 1.82) is 0 Å². The topological polar surface area (TPSA) is 49.3 Å². The number of carbonyl (C=O) groups excluding carboxylic acids is 1. The molecule has 3 nitrogen and oxygen atoms in total. The van der Waals surface area contributed by atoms with Crippen molar-refractivity contribution in [2.75, 3.05) is 6.61 Å². The van der Waals surface area contributed by atoms with Gasteiger partial charge in [0.15, 0.2) is 0 Å². The lowest BCUT2D eigenvalue weighted by atomic mass is 10.0. The van der Waals surface area contributed by atoms with E-state index in [0.29, 0.717) is 0 Å². The van der Waals surface area contributed by atoms with Crippen LogP contribution in [0.15, 0.2) is 78.9 Å². The lowest BCUT2D eigenvalue weighted by molar-refractivity contribution is -0.125. The standard InChI is InChI=1S/C29H43NO2/c1-3-4-5-6-7-8-9-10-11-12-13-14-15-16-17-19-22-26(2)29(32)30-28(25-31)27-23-20-18-21-24-27/h7-8,10-11,13-14,16-18,20-21,23-24,26,28,31H,3-6,9,12,15,19,22,25H2,1-2H3,(H,30,32)/t26?,28-/m1/s1. The maximum absolute atomic E-state index is 12.4. The van der Waals surface area contributed by atoms with Crippen molar-refractivity contribution < 1.29 is 9.90 Å². The van der Waals surface area contributed by atoms with Gasteiger partial charge in [0.05, 0.1) is 12.6 Å². The molecule has 3 heteroatoms. The highest BCUT2D eigenvalue weighted by Gasteiger charge is 2.17. The predicted molar refractivity (Wildman–Crippen MR) is 137 cm³/mol. The van der Waals surface area contributed by atoms with Gasteiger partial charge in [0, 0.05) is 5.92 Å². The molecule has 0 spiro atoms. The zero-order chi connectivity index (χ0) is 23.3. The molecule has 0 fully saturated rings. The van der Waals surface area contributed by atoms with Gasteiger partial charge in [-0.05, 0) is 50.5 Å². The summed E-state index contributed by atoms with van der Waals surface area (Å²) in [7, 11) is 0. The smallest absolute Gasteiger partial charge is 0.223 e. The number of rotatable bonds is 17. The van der Waals surface area contributed by atoms with E-state index in [1.807, 2.05) is 37.3 Å². The van der Waals surface area contributed by atoms with E-state index in [-0.39, 0.29) is 24.5 Å². The molecule has 0 saturated carbocycles. The monoisotopic (exact) mass is 437 g/mol. The van der Waals surface area contributed by atoms with Crippen molar-refractivity contribution in [3.63, 3.8) is 0 Å². The molecule has 0 radical (unpaired) electrons. The van der Waals surface area contributed by atoms with Crippen LogP contribution in [-0.4, -0.2) is 17.6 Å². The van der Waals surface area contributed by atoms with Gasteiger partial charge in [0.25, 0.3) is 0 Å². The summed E-state index contributed by atoms with van der Waals surface area (Å²) in [5, 5.41) is 12.5. The molecule has 0 heterocycles. The Morgan fingerprint density at radius 1 is 0.875 bits per heavy atom. The average Bonchev–Trinajstić information content (AvgIpc) is 2.82. The van der Waals surface area contributed by atoms with E-state index in [2.05, 4.69) is 60.8 Å². The summed E-state index contributed by atoms with van der Waals surface area (Å²) in [6, 6.07) is 9.25. The Balaban J connectivity index is 2.13. The van der Waals surface area contributed by atoms with E-state index in [4.69, 9.17) is 0 Å². The van der Waals surface area contributed by atoms with Crippen LogP contribution in [-0.2, 0) is 4.79 Å². The second-order valence-corrected chi connectivity index (χ2v) is 8.22. The third kappa shape index (κ3) is 13.8. The number of nitrogens with one attached hydrogen (secondary N) is 1. The summed E-state index contributed by atoms with van der Waals surface area (Å²) in [6.45, 7) is 4.08. The normalized spacial score (nSPS) is 14.1. The second kappa shape index (κ2) is 19.3. The third-order valence-corrected chi connectivity index (χ3v) is 5.37. The minimum absolute atomic E-state index is 0.0104. The van der Waals surface area contributed by atoms with E-state index < -0.39 is 0 Å². The van der Waals surface area contributed by atoms with E-state index in [1.54, 1.807) is 0 Å². The lowest BCUT2D eigenvalue weighted by Gasteiger charge is -2.19. The molecule has 0 aliphatic heterocycles. The number of unbranched alkanes of at least 4 members (excludes halogenated alkanes) is 3. The largest absolute Gasteiger partial charge is 0.394 e. The van der Waals surface area contributed by atoms with E-state index >= 15 is 0 Å². The Labute approximate surface area is 196 Å². The van der Waals surface area contributed by atoms with Crippen LogP contribution in [0.4, 0.5) is 0 Å². The molecule has 1 aromatic rings. The van der Waals surface area contributed by atoms with Gasteiger partial charge in [-0.3, -0.25) is 4.79 Å². The molecule has 2 N–H and O–H groups in total. The first-order chi connectivity index (χ1) is 15.7. The van der Waals surface area contributed by atoms with Crippen LogP contribution in [0.25, 0.3) is 0 Å². The molecule has 32 heavy (non-hydrogen) atoms. The number of amides is 1. The Kier molecular flexibility index (Phi) is 16.7. The lowest BCUT2D eigenvalue weighted by Crippen LogP contribution is -2.34. The minimum atomic E-state index is -0.345. The fraction of sp³-hybridized carbons (Fsp3) is 0.483. The first kappa shape index (κ1) is 27.6. The number of hydrogen-bond acceptors (Lipinski definition) is 2. The van der Waals surface area contributed by atoms with Crippen molar-refractivity contribution in [3.8, 4) is 0 Å². The second-order valence-electron chi connectivity index (χ2n) is 8.22. The number of carbonyl (C=O) groups is 1. The fourth-order valence-corrected chi connectivity index (χ4v) is 3.27. The number of aliphatic hydroxyl groups is 1. The van der Waals surface area contributed by atoms with Gasteiger partial charge in [-0.1, -0.05) is 106 Å². The zero-order valence-electron chi connectivity index (χ0n) is 20.1. The van der Waals surface area contributed by atoms with Gasteiger partial charge in [0.2, 0.25) is 5.91 Å². The Morgan fingerprint density at radius 3 is 2.00 bits per heavy atom. The van der Waals surface area contributed by atoms with Crippen molar-refractivity contribution in [2.45, 2.75) is 77.7 Å². The van der Waals surface area contributed by atoms with Gasteiger partial charge >= 0.3 is 0 Å². The summed E-state index contributed by atoms with van der Waals surface area (Å²) in [5.74, 6) is -0.0948. The van der Waals surface area contributed by atoms with E-state index in [0.717, 1.165) is 37.7 Å². The molecule has 1 rings (SSSR count). The Bertz CT molecular complexity index is 703. The number of aliphatic hydroxyl groups excluding tert-OH is 1. The molecular formula is C29H43NO2. The Morgan fingerprint density at radius 2 is 1.44 bits per heavy atom. The highest BCUT2D eigenvalue weighted by molar-refractivity contribution is 5.78. The van der Waals surface area contributed by atoms with Gasteiger partial charge in [-0.2, -0.15) is 0 Å². The molecule has 176 valence electrons. The maximum Gasteiger partial charge on any atom is 0.223 e. The summed E-state index contributed by atoms with van der Waals surface area (Å²) in [4.78, 5) is 12.4. The van der Waals surface area contributed by atoms with Gasteiger partial charge in [-0.15, -0.1) is 0 Å². The molecule has 1 aromatic carbocycles. The minimum Gasteiger partial charge on any atom is -0.394 e. The van der Waals surface area contributed by atoms with Crippen LogP contribution in [0.5, 0.6) is 0 Å². The van der Waals surface area contributed by atoms with Crippen LogP contribution in [0, 0.1) is 5.92 Å². The predicted octanol–water partition coefficient (Wildman–Crippen LogP) is 7.23.